The van der Waals surface area contributed by atoms with Gasteiger partial charge < -0.3 is 9.73 Å². The third-order valence-corrected chi connectivity index (χ3v) is 3.81. The molecule has 0 bridgehead atoms. The van der Waals surface area contributed by atoms with Crippen LogP contribution in [0.1, 0.15) is 38.0 Å². The average Bonchev–Trinajstić information content (AvgIpc) is 3.06. The second-order valence-electron chi connectivity index (χ2n) is 5.45. The lowest BCUT2D eigenvalue weighted by molar-refractivity contribution is -0.122. The molecular formula is C17H19NO2. The highest BCUT2D eigenvalue weighted by Gasteiger charge is 2.18. The SMILES string of the molecule is C[C@H](NC(=O)C[C@H]1C=CCC1)c1cc2ccccc2o1. The molecule has 1 aromatic heterocycles. The Bertz CT molecular complexity index is 608. The lowest BCUT2D eigenvalue weighted by Crippen LogP contribution is -2.27. The number of carbonyl (C=O) groups excluding carboxylic acids is 1. The largest absolute Gasteiger partial charge is 0.459 e. The number of para-hydroxylation sites is 1. The van der Waals surface area contributed by atoms with Gasteiger partial charge in [-0.15, -0.1) is 0 Å². The van der Waals surface area contributed by atoms with E-state index in [-0.39, 0.29) is 11.9 Å². The van der Waals surface area contributed by atoms with E-state index in [2.05, 4.69) is 17.5 Å². The van der Waals surface area contributed by atoms with Crippen molar-refractivity contribution < 1.29 is 9.21 Å². The van der Waals surface area contributed by atoms with Crippen molar-refractivity contribution in [1.82, 2.24) is 5.32 Å². The van der Waals surface area contributed by atoms with Gasteiger partial charge in [-0.1, -0.05) is 30.4 Å². The number of fused-ring (bicyclic) bond motifs is 1. The van der Waals surface area contributed by atoms with E-state index in [1.54, 1.807) is 0 Å². The summed E-state index contributed by atoms with van der Waals surface area (Å²) in [6, 6.07) is 9.79. The van der Waals surface area contributed by atoms with E-state index in [0.717, 1.165) is 29.6 Å². The summed E-state index contributed by atoms with van der Waals surface area (Å²) in [5.74, 6) is 1.30. The fraction of sp³-hybridized carbons (Fsp3) is 0.353. The van der Waals surface area contributed by atoms with Crippen LogP contribution in [0.5, 0.6) is 0 Å². The molecule has 3 heteroatoms. The van der Waals surface area contributed by atoms with Crippen molar-refractivity contribution in [1.29, 1.82) is 0 Å². The molecule has 2 aromatic rings. The van der Waals surface area contributed by atoms with Gasteiger partial charge in [0.05, 0.1) is 6.04 Å². The van der Waals surface area contributed by atoms with Gasteiger partial charge in [0.1, 0.15) is 11.3 Å². The van der Waals surface area contributed by atoms with E-state index >= 15 is 0 Å². The lowest BCUT2D eigenvalue weighted by Gasteiger charge is -2.13. The first-order chi connectivity index (χ1) is 9.72. The minimum Gasteiger partial charge on any atom is -0.459 e. The highest BCUT2D eigenvalue weighted by atomic mass is 16.3. The first-order valence-electron chi connectivity index (χ1n) is 7.17. The van der Waals surface area contributed by atoms with E-state index in [0.29, 0.717) is 12.3 Å². The fourth-order valence-corrected chi connectivity index (χ4v) is 2.69. The zero-order valence-corrected chi connectivity index (χ0v) is 11.6. The number of nitrogens with one attached hydrogen (secondary N) is 1. The third kappa shape index (κ3) is 2.77. The van der Waals surface area contributed by atoms with Gasteiger partial charge in [0.25, 0.3) is 0 Å². The number of rotatable bonds is 4. The summed E-state index contributed by atoms with van der Waals surface area (Å²) in [6.45, 7) is 1.96. The van der Waals surface area contributed by atoms with Gasteiger partial charge in [-0.05, 0) is 37.8 Å². The molecule has 1 amide bonds. The molecular weight excluding hydrogens is 250 g/mol. The Morgan fingerprint density at radius 3 is 3.05 bits per heavy atom. The summed E-state index contributed by atoms with van der Waals surface area (Å²) < 4.78 is 5.77. The molecule has 2 atom stereocenters. The topological polar surface area (TPSA) is 42.2 Å². The normalized spacial score (nSPS) is 19.4. The second-order valence-corrected chi connectivity index (χ2v) is 5.45. The number of furan rings is 1. The monoisotopic (exact) mass is 269 g/mol. The predicted octanol–water partition coefficient (Wildman–Crippen LogP) is 3.97. The number of amides is 1. The maximum absolute atomic E-state index is 12.0. The first kappa shape index (κ1) is 13.0. The molecule has 0 spiro atoms. The Labute approximate surface area is 118 Å². The van der Waals surface area contributed by atoms with Crippen molar-refractivity contribution in [2.45, 2.75) is 32.2 Å². The van der Waals surface area contributed by atoms with Crippen molar-refractivity contribution >= 4 is 16.9 Å². The van der Waals surface area contributed by atoms with Crippen LogP contribution in [0.4, 0.5) is 0 Å². The minimum atomic E-state index is -0.0970. The van der Waals surface area contributed by atoms with Crippen LogP contribution in [0.2, 0.25) is 0 Å². The van der Waals surface area contributed by atoms with E-state index in [4.69, 9.17) is 4.42 Å². The molecule has 0 fully saturated rings. The van der Waals surface area contributed by atoms with Crippen molar-refractivity contribution in [2.75, 3.05) is 0 Å². The Morgan fingerprint density at radius 2 is 2.30 bits per heavy atom. The van der Waals surface area contributed by atoms with Crippen LogP contribution in [0.15, 0.2) is 46.9 Å². The Kier molecular flexibility index (Phi) is 3.59. The maximum atomic E-state index is 12.0. The molecule has 1 N–H and O–H groups in total. The van der Waals surface area contributed by atoms with Crippen LogP contribution in [-0.2, 0) is 4.79 Å². The number of allylic oxidation sites excluding steroid dienone is 2. The molecule has 1 aliphatic rings. The Balaban J connectivity index is 1.64. The third-order valence-electron chi connectivity index (χ3n) is 3.81. The highest BCUT2D eigenvalue weighted by molar-refractivity contribution is 5.79. The van der Waals surface area contributed by atoms with Gasteiger partial charge in [0, 0.05) is 11.8 Å². The molecule has 0 saturated heterocycles. The summed E-state index contributed by atoms with van der Waals surface area (Å²) in [4.78, 5) is 12.0. The number of benzene rings is 1. The molecule has 0 unspecified atom stereocenters. The number of hydrogen-bond donors (Lipinski definition) is 1. The van der Waals surface area contributed by atoms with Crippen LogP contribution < -0.4 is 5.32 Å². The fourth-order valence-electron chi connectivity index (χ4n) is 2.69. The smallest absolute Gasteiger partial charge is 0.221 e. The first-order valence-corrected chi connectivity index (χ1v) is 7.17. The van der Waals surface area contributed by atoms with E-state index in [1.165, 1.54) is 0 Å². The highest BCUT2D eigenvalue weighted by Crippen LogP contribution is 2.24. The van der Waals surface area contributed by atoms with Gasteiger partial charge in [-0.3, -0.25) is 4.79 Å². The standard InChI is InChI=1S/C17H19NO2/c1-12(18-17(19)10-13-6-2-3-7-13)16-11-14-8-4-5-9-15(14)20-16/h2,4-6,8-9,11-13H,3,7,10H2,1H3,(H,18,19)/t12-,13-/m0/s1. The van der Waals surface area contributed by atoms with Crippen LogP contribution in [0.25, 0.3) is 11.0 Å². The van der Waals surface area contributed by atoms with Crippen molar-refractivity contribution in [2.24, 2.45) is 5.92 Å². The molecule has 1 heterocycles. The zero-order chi connectivity index (χ0) is 13.9. The summed E-state index contributed by atoms with van der Waals surface area (Å²) in [5, 5.41) is 4.09. The Hall–Kier alpha value is -2.03. The van der Waals surface area contributed by atoms with Crippen LogP contribution >= 0.6 is 0 Å². The van der Waals surface area contributed by atoms with Crippen LogP contribution in [0, 0.1) is 5.92 Å². The summed E-state index contributed by atoms with van der Waals surface area (Å²) >= 11 is 0. The maximum Gasteiger partial charge on any atom is 0.221 e. The molecule has 3 nitrogen and oxygen atoms in total. The predicted molar refractivity (Wildman–Crippen MR) is 79.3 cm³/mol. The van der Waals surface area contributed by atoms with E-state index in [1.807, 2.05) is 37.3 Å². The molecule has 3 rings (SSSR count). The summed E-state index contributed by atoms with van der Waals surface area (Å²) in [5.41, 5.74) is 0.863. The van der Waals surface area contributed by atoms with Crippen molar-refractivity contribution in [3.63, 3.8) is 0 Å². The van der Waals surface area contributed by atoms with Crippen molar-refractivity contribution in [3.05, 3.63) is 48.2 Å². The molecule has 1 aliphatic carbocycles. The van der Waals surface area contributed by atoms with Crippen LogP contribution in [-0.4, -0.2) is 5.91 Å². The number of hydrogen-bond acceptors (Lipinski definition) is 2. The minimum absolute atomic E-state index is 0.0921. The van der Waals surface area contributed by atoms with Gasteiger partial charge >= 0.3 is 0 Å². The lowest BCUT2D eigenvalue weighted by atomic mass is 10.0. The molecule has 104 valence electrons. The van der Waals surface area contributed by atoms with E-state index in [9.17, 15) is 4.79 Å². The van der Waals surface area contributed by atoms with Crippen LogP contribution in [0.3, 0.4) is 0 Å². The molecule has 0 saturated carbocycles. The second kappa shape index (κ2) is 5.53. The summed E-state index contributed by atoms with van der Waals surface area (Å²) in [7, 11) is 0. The molecule has 0 aliphatic heterocycles. The Morgan fingerprint density at radius 1 is 1.45 bits per heavy atom. The van der Waals surface area contributed by atoms with Gasteiger partial charge in [-0.25, -0.2) is 0 Å². The van der Waals surface area contributed by atoms with Gasteiger partial charge in [-0.2, -0.15) is 0 Å². The average molecular weight is 269 g/mol. The van der Waals surface area contributed by atoms with Crippen molar-refractivity contribution in [3.8, 4) is 0 Å². The number of carbonyl (C=O) groups is 1. The molecule has 1 aromatic carbocycles. The zero-order valence-electron chi connectivity index (χ0n) is 11.6. The molecule has 20 heavy (non-hydrogen) atoms. The summed E-state index contributed by atoms with van der Waals surface area (Å²) in [6.07, 6.45) is 7.05. The molecule has 0 radical (unpaired) electrons. The van der Waals surface area contributed by atoms with Gasteiger partial charge in [0.2, 0.25) is 5.91 Å². The quantitative estimate of drug-likeness (QED) is 0.853. The van der Waals surface area contributed by atoms with E-state index < -0.39 is 0 Å². The van der Waals surface area contributed by atoms with Gasteiger partial charge in [0.15, 0.2) is 0 Å².